The first-order chi connectivity index (χ1) is 4.31. The van der Waals surface area contributed by atoms with E-state index in [1.807, 2.05) is 0 Å². The molecule has 0 aliphatic carbocycles. The van der Waals surface area contributed by atoms with Crippen molar-refractivity contribution in [2.75, 3.05) is 26.3 Å². The van der Waals surface area contributed by atoms with E-state index < -0.39 is 0 Å². The minimum Gasteiger partial charge on any atom is -0.379 e. The van der Waals surface area contributed by atoms with Crippen molar-refractivity contribution in [3.05, 3.63) is 0 Å². The van der Waals surface area contributed by atoms with Gasteiger partial charge in [-0.2, -0.15) is 0 Å². The maximum absolute atomic E-state index is 5.98. The van der Waals surface area contributed by atoms with E-state index in [2.05, 4.69) is 5.32 Å². The van der Waals surface area contributed by atoms with Crippen molar-refractivity contribution >= 4 is 24.8 Å². The summed E-state index contributed by atoms with van der Waals surface area (Å²) in [6.45, 7) is 3.56. The molecule has 2 fully saturated rings. The van der Waals surface area contributed by atoms with Gasteiger partial charge in [-0.25, -0.2) is 0 Å². The van der Waals surface area contributed by atoms with E-state index in [0.717, 1.165) is 26.3 Å². The maximum atomic E-state index is 5.98. The normalized spacial score (nSPS) is 40.6. The summed E-state index contributed by atoms with van der Waals surface area (Å²) in [6, 6.07) is 0. The van der Waals surface area contributed by atoms with E-state index in [0.29, 0.717) is 5.92 Å². The van der Waals surface area contributed by atoms with Crippen molar-refractivity contribution < 1.29 is 4.74 Å². The lowest BCUT2D eigenvalue weighted by molar-refractivity contribution is 0.171. The molecule has 2 aliphatic heterocycles. The van der Waals surface area contributed by atoms with Crippen molar-refractivity contribution in [2.45, 2.75) is 5.54 Å². The largest absolute Gasteiger partial charge is 0.379 e. The van der Waals surface area contributed by atoms with E-state index >= 15 is 0 Å². The Hall–Kier alpha value is 0.460. The van der Waals surface area contributed by atoms with Gasteiger partial charge in [-0.15, -0.1) is 24.8 Å². The number of nitrogens with two attached hydrogens (primary N) is 1. The van der Waals surface area contributed by atoms with Gasteiger partial charge in [0.2, 0.25) is 0 Å². The molecule has 2 atom stereocenters. The van der Waals surface area contributed by atoms with Crippen molar-refractivity contribution in [2.24, 2.45) is 11.7 Å². The summed E-state index contributed by atoms with van der Waals surface area (Å²) in [5, 5.41) is 3.26. The molecule has 0 amide bonds. The predicted octanol–water partition coefficient (Wildman–Crippen LogP) is -0.223. The Kier molecular flexibility index (Phi) is 4.08. The zero-order valence-electron chi connectivity index (χ0n) is 6.21. The molecule has 2 heterocycles. The quantitative estimate of drug-likeness (QED) is 0.569. The third-order valence-electron chi connectivity index (χ3n) is 2.35. The average molecular weight is 201 g/mol. The predicted molar refractivity (Wildman–Crippen MR) is 48.6 cm³/mol. The van der Waals surface area contributed by atoms with Gasteiger partial charge in [-0.3, -0.25) is 0 Å². The minimum absolute atomic E-state index is 0. The summed E-state index contributed by atoms with van der Waals surface area (Å²) < 4.78 is 5.25. The van der Waals surface area contributed by atoms with E-state index in [1.165, 1.54) is 0 Å². The number of rotatable bonds is 0. The third kappa shape index (κ3) is 1.79. The molecule has 2 saturated heterocycles. The fraction of sp³-hybridized carbons (Fsp3) is 1.00. The van der Waals surface area contributed by atoms with Gasteiger partial charge in [0, 0.05) is 19.0 Å². The second-order valence-corrected chi connectivity index (χ2v) is 3.08. The van der Waals surface area contributed by atoms with Crippen LogP contribution in [0.2, 0.25) is 0 Å². The van der Waals surface area contributed by atoms with Crippen molar-refractivity contribution in [1.29, 1.82) is 0 Å². The van der Waals surface area contributed by atoms with Crippen LogP contribution in [0.25, 0.3) is 0 Å². The average Bonchev–Trinajstić information content (AvgIpc) is 2.22. The van der Waals surface area contributed by atoms with Gasteiger partial charge in [-0.1, -0.05) is 0 Å². The van der Waals surface area contributed by atoms with Crippen LogP contribution in [0.1, 0.15) is 0 Å². The van der Waals surface area contributed by atoms with Gasteiger partial charge in [-0.05, 0) is 0 Å². The molecular weight excluding hydrogens is 187 g/mol. The SMILES string of the molecule is Cl.Cl.N[C@]12CNC[C@@H]1COC2. The highest BCUT2D eigenvalue weighted by Crippen LogP contribution is 2.25. The number of hydrogen-bond acceptors (Lipinski definition) is 3. The standard InChI is InChI=1S/C6H12N2O.2ClH/c7-6-3-8-1-5(6)2-9-4-6;;/h5,8H,1-4,7H2;2*1H/t5-,6+;;/m1../s1. The molecule has 68 valence electrons. The maximum Gasteiger partial charge on any atom is 0.0662 e. The van der Waals surface area contributed by atoms with Crippen LogP contribution in [0.5, 0.6) is 0 Å². The summed E-state index contributed by atoms with van der Waals surface area (Å²) in [7, 11) is 0. The number of fused-ring (bicyclic) bond motifs is 1. The number of hydrogen-bond donors (Lipinski definition) is 2. The molecule has 0 aromatic rings. The van der Waals surface area contributed by atoms with Crippen molar-refractivity contribution in [3.63, 3.8) is 0 Å². The van der Waals surface area contributed by atoms with E-state index in [9.17, 15) is 0 Å². The molecule has 0 aromatic heterocycles. The molecule has 3 nitrogen and oxygen atoms in total. The summed E-state index contributed by atoms with van der Waals surface area (Å²) in [6.07, 6.45) is 0. The molecule has 11 heavy (non-hydrogen) atoms. The van der Waals surface area contributed by atoms with Crippen LogP contribution in [-0.2, 0) is 4.74 Å². The molecule has 0 radical (unpaired) electrons. The van der Waals surface area contributed by atoms with Gasteiger partial charge in [0.05, 0.1) is 18.8 Å². The molecular formula is C6H14Cl2N2O. The van der Waals surface area contributed by atoms with E-state index in [-0.39, 0.29) is 30.4 Å². The van der Waals surface area contributed by atoms with Gasteiger partial charge in [0.25, 0.3) is 0 Å². The van der Waals surface area contributed by atoms with Gasteiger partial charge < -0.3 is 15.8 Å². The smallest absolute Gasteiger partial charge is 0.0662 e. The zero-order chi connectivity index (χ0) is 6.32. The second kappa shape index (κ2) is 3.92. The van der Waals surface area contributed by atoms with Gasteiger partial charge in [0.15, 0.2) is 0 Å². The molecule has 3 N–H and O–H groups in total. The van der Waals surface area contributed by atoms with Crippen LogP contribution in [0, 0.1) is 5.92 Å². The Labute approximate surface area is 78.9 Å². The van der Waals surface area contributed by atoms with Crippen LogP contribution >= 0.6 is 24.8 Å². The first-order valence-electron chi connectivity index (χ1n) is 3.39. The molecule has 0 saturated carbocycles. The monoisotopic (exact) mass is 200 g/mol. The Bertz CT molecular complexity index is 124. The summed E-state index contributed by atoms with van der Waals surface area (Å²) in [5.74, 6) is 0.567. The van der Waals surface area contributed by atoms with Crippen LogP contribution < -0.4 is 11.1 Å². The lowest BCUT2D eigenvalue weighted by Gasteiger charge is -2.18. The zero-order valence-corrected chi connectivity index (χ0v) is 7.84. The van der Waals surface area contributed by atoms with Crippen LogP contribution in [0.3, 0.4) is 0 Å². The fourth-order valence-electron chi connectivity index (χ4n) is 1.61. The number of nitrogens with one attached hydrogen (secondary N) is 1. The first-order valence-corrected chi connectivity index (χ1v) is 3.39. The summed E-state index contributed by atoms with van der Waals surface area (Å²) >= 11 is 0. The van der Waals surface area contributed by atoms with Crippen LogP contribution in [0.15, 0.2) is 0 Å². The highest BCUT2D eigenvalue weighted by molar-refractivity contribution is 5.85. The first kappa shape index (κ1) is 11.5. The Morgan fingerprint density at radius 1 is 1.45 bits per heavy atom. The Morgan fingerprint density at radius 3 is 2.82 bits per heavy atom. The lowest BCUT2D eigenvalue weighted by atomic mass is 9.92. The van der Waals surface area contributed by atoms with Crippen molar-refractivity contribution in [3.8, 4) is 0 Å². The van der Waals surface area contributed by atoms with Gasteiger partial charge in [0.1, 0.15) is 0 Å². The van der Waals surface area contributed by atoms with Gasteiger partial charge >= 0.3 is 0 Å². The third-order valence-corrected chi connectivity index (χ3v) is 2.35. The highest BCUT2D eigenvalue weighted by atomic mass is 35.5. The lowest BCUT2D eigenvalue weighted by Crippen LogP contribution is -2.47. The number of halogens is 2. The van der Waals surface area contributed by atoms with Crippen LogP contribution in [-0.4, -0.2) is 31.8 Å². The minimum atomic E-state index is -0.0278. The molecule has 5 heteroatoms. The molecule has 0 spiro atoms. The highest BCUT2D eigenvalue weighted by Gasteiger charge is 2.43. The molecule has 0 bridgehead atoms. The Morgan fingerprint density at radius 2 is 2.18 bits per heavy atom. The topological polar surface area (TPSA) is 47.3 Å². The summed E-state index contributed by atoms with van der Waals surface area (Å²) in [4.78, 5) is 0. The molecule has 2 rings (SSSR count). The number of ether oxygens (including phenoxy) is 1. The van der Waals surface area contributed by atoms with Crippen LogP contribution in [0.4, 0.5) is 0 Å². The van der Waals surface area contributed by atoms with Crippen molar-refractivity contribution in [1.82, 2.24) is 5.32 Å². The molecule has 0 aromatic carbocycles. The fourth-order valence-corrected chi connectivity index (χ4v) is 1.61. The second-order valence-electron chi connectivity index (χ2n) is 3.08. The molecule has 0 unspecified atom stereocenters. The Balaban J connectivity index is 0.000000500. The van der Waals surface area contributed by atoms with E-state index in [1.54, 1.807) is 0 Å². The molecule has 2 aliphatic rings. The van der Waals surface area contributed by atoms with E-state index in [4.69, 9.17) is 10.5 Å². The summed E-state index contributed by atoms with van der Waals surface area (Å²) in [5.41, 5.74) is 5.95.